The van der Waals surface area contributed by atoms with Crippen LogP contribution in [0.2, 0.25) is 0 Å². The van der Waals surface area contributed by atoms with Crippen LogP contribution in [0.25, 0.3) is 0 Å². The fourth-order valence-electron chi connectivity index (χ4n) is 2.68. The number of benzene rings is 1. The summed E-state index contributed by atoms with van der Waals surface area (Å²) in [5, 5.41) is 8.20. The summed E-state index contributed by atoms with van der Waals surface area (Å²) in [5.41, 5.74) is 5.66. The molecule has 0 bridgehead atoms. The van der Waals surface area contributed by atoms with Crippen molar-refractivity contribution in [2.45, 2.75) is 52.7 Å². The molecule has 0 saturated heterocycles. The van der Waals surface area contributed by atoms with Crippen molar-refractivity contribution < 1.29 is 4.39 Å². The Bertz CT molecular complexity index is 656. The normalized spacial score (nSPS) is 14.7. The Morgan fingerprint density at radius 2 is 2.05 bits per heavy atom. The quantitative estimate of drug-likeness (QED) is 0.915. The van der Waals surface area contributed by atoms with Crippen molar-refractivity contribution in [2.75, 3.05) is 0 Å². The van der Waals surface area contributed by atoms with E-state index < -0.39 is 0 Å². The van der Waals surface area contributed by atoms with Crippen LogP contribution in [0.3, 0.4) is 0 Å². The van der Waals surface area contributed by atoms with Crippen LogP contribution < -0.4 is 5.32 Å². The zero-order valence-electron chi connectivity index (χ0n) is 12.9. The van der Waals surface area contributed by atoms with Crippen molar-refractivity contribution in [3.63, 3.8) is 0 Å². The maximum Gasteiger partial charge on any atom is 0.123 e. The van der Waals surface area contributed by atoms with E-state index in [4.69, 9.17) is 0 Å². The molecular formula is C17H22FN3. The molecule has 3 rings (SSSR count). The van der Waals surface area contributed by atoms with Gasteiger partial charge in [0, 0.05) is 23.8 Å². The number of nitrogens with one attached hydrogen (secondary N) is 1. The van der Waals surface area contributed by atoms with Gasteiger partial charge in [-0.1, -0.05) is 6.07 Å². The van der Waals surface area contributed by atoms with Crippen LogP contribution in [0.4, 0.5) is 4.39 Å². The van der Waals surface area contributed by atoms with Gasteiger partial charge in [-0.25, -0.2) is 4.39 Å². The third kappa shape index (κ3) is 3.16. The van der Waals surface area contributed by atoms with Crippen molar-refractivity contribution in [3.8, 4) is 0 Å². The number of aromatic nitrogens is 2. The Hall–Kier alpha value is -1.68. The van der Waals surface area contributed by atoms with E-state index in [1.807, 2.05) is 17.7 Å². The van der Waals surface area contributed by atoms with E-state index in [0.29, 0.717) is 12.6 Å². The maximum absolute atomic E-state index is 13.2. The Balaban J connectivity index is 1.79. The summed E-state index contributed by atoms with van der Waals surface area (Å²) in [7, 11) is 0. The van der Waals surface area contributed by atoms with Crippen LogP contribution in [0.5, 0.6) is 0 Å². The summed E-state index contributed by atoms with van der Waals surface area (Å²) in [4.78, 5) is 0. The molecular weight excluding hydrogens is 265 g/mol. The number of hydrogen-bond donors (Lipinski definition) is 1. The molecule has 2 aromatic rings. The highest BCUT2D eigenvalue weighted by atomic mass is 19.1. The molecule has 0 amide bonds. The van der Waals surface area contributed by atoms with E-state index in [-0.39, 0.29) is 5.82 Å². The smallest absolute Gasteiger partial charge is 0.123 e. The van der Waals surface area contributed by atoms with Crippen LogP contribution in [-0.4, -0.2) is 15.8 Å². The van der Waals surface area contributed by atoms with E-state index in [1.165, 1.54) is 30.2 Å². The summed E-state index contributed by atoms with van der Waals surface area (Å²) >= 11 is 0. The number of nitrogens with zero attached hydrogens (tertiary/aromatic N) is 2. The SMILES string of the molecule is Cc1cc(F)ccc1Cn1nc(C)c(CNC2CC2)c1C. The lowest BCUT2D eigenvalue weighted by atomic mass is 10.1. The lowest BCUT2D eigenvalue weighted by Gasteiger charge is -2.09. The Kier molecular flexibility index (Phi) is 3.81. The van der Waals surface area contributed by atoms with Crippen LogP contribution in [-0.2, 0) is 13.1 Å². The fourth-order valence-corrected chi connectivity index (χ4v) is 2.68. The molecule has 0 unspecified atom stereocenters. The molecule has 0 spiro atoms. The van der Waals surface area contributed by atoms with Gasteiger partial charge in [0.15, 0.2) is 0 Å². The van der Waals surface area contributed by atoms with Gasteiger partial charge in [0.1, 0.15) is 5.82 Å². The summed E-state index contributed by atoms with van der Waals surface area (Å²) in [6.07, 6.45) is 2.59. The molecule has 0 radical (unpaired) electrons. The molecule has 0 aliphatic heterocycles. The molecule has 0 atom stereocenters. The summed E-state index contributed by atoms with van der Waals surface area (Å²) in [6.45, 7) is 7.71. The highest BCUT2D eigenvalue weighted by Crippen LogP contribution is 2.21. The highest BCUT2D eigenvalue weighted by molar-refractivity contribution is 5.29. The van der Waals surface area contributed by atoms with Gasteiger partial charge in [0.2, 0.25) is 0 Å². The largest absolute Gasteiger partial charge is 0.310 e. The molecule has 1 saturated carbocycles. The second-order valence-corrected chi connectivity index (χ2v) is 6.03. The molecule has 1 aromatic heterocycles. The van der Waals surface area contributed by atoms with Gasteiger partial charge in [-0.2, -0.15) is 5.10 Å². The van der Waals surface area contributed by atoms with Crippen LogP contribution in [0.1, 0.15) is 40.9 Å². The predicted octanol–water partition coefficient (Wildman–Crippen LogP) is 3.25. The zero-order valence-corrected chi connectivity index (χ0v) is 12.9. The van der Waals surface area contributed by atoms with Gasteiger partial charge in [-0.15, -0.1) is 0 Å². The second-order valence-electron chi connectivity index (χ2n) is 6.03. The van der Waals surface area contributed by atoms with E-state index >= 15 is 0 Å². The minimum Gasteiger partial charge on any atom is -0.310 e. The van der Waals surface area contributed by atoms with Crippen molar-refractivity contribution in [2.24, 2.45) is 0 Å². The Labute approximate surface area is 125 Å². The monoisotopic (exact) mass is 287 g/mol. The van der Waals surface area contributed by atoms with Gasteiger partial charge in [-0.05, 0) is 56.9 Å². The molecule has 1 N–H and O–H groups in total. The van der Waals surface area contributed by atoms with Gasteiger partial charge in [0.25, 0.3) is 0 Å². The molecule has 1 aliphatic carbocycles. The van der Waals surface area contributed by atoms with Crippen LogP contribution >= 0.6 is 0 Å². The standard InChI is InChI=1S/C17H22FN3/c1-11-8-15(18)5-4-14(11)10-21-13(3)17(12(2)20-21)9-19-16-6-7-16/h4-5,8,16,19H,6-7,9-10H2,1-3H3. The molecule has 4 heteroatoms. The lowest BCUT2D eigenvalue weighted by Crippen LogP contribution is -2.16. The zero-order chi connectivity index (χ0) is 15.0. The number of rotatable bonds is 5. The predicted molar refractivity (Wildman–Crippen MR) is 81.8 cm³/mol. The minimum absolute atomic E-state index is 0.182. The van der Waals surface area contributed by atoms with E-state index in [1.54, 1.807) is 6.07 Å². The van der Waals surface area contributed by atoms with Gasteiger partial charge < -0.3 is 5.32 Å². The highest BCUT2D eigenvalue weighted by Gasteiger charge is 2.21. The first-order chi connectivity index (χ1) is 10.0. The summed E-state index contributed by atoms with van der Waals surface area (Å²) < 4.78 is 15.2. The molecule has 1 fully saturated rings. The minimum atomic E-state index is -0.182. The van der Waals surface area contributed by atoms with Crippen molar-refractivity contribution in [1.29, 1.82) is 0 Å². The second kappa shape index (κ2) is 5.60. The third-order valence-electron chi connectivity index (χ3n) is 4.30. The van der Waals surface area contributed by atoms with E-state index in [0.717, 1.165) is 23.4 Å². The fraction of sp³-hybridized carbons (Fsp3) is 0.471. The van der Waals surface area contributed by atoms with Crippen molar-refractivity contribution in [1.82, 2.24) is 15.1 Å². The first-order valence-corrected chi connectivity index (χ1v) is 7.56. The first kappa shape index (κ1) is 14.3. The molecule has 3 nitrogen and oxygen atoms in total. The van der Waals surface area contributed by atoms with Gasteiger partial charge in [0.05, 0.1) is 12.2 Å². The van der Waals surface area contributed by atoms with Gasteiger partial charge in [-0.3, -0.25) is 4.68 Å². The Morgan fingerprint density at radius 1 is 1.29 bits per heavy atom. The van der Waals surface area contributed by atoms with Crippen LogP contribution in [0, 0.1) is 26.6 Å². The number of hydrogen-bond acceptors (Lipinski definition) is 2. The van der Waals surface area contributed by atoms with E-state index in [9.17, 15) is 4.39 Å². The first-order valence-electron chi connectivity index (χ1n) is 7.56. The molecule has 1 heterocycles. The number of halogens is 1. The van der Waals surface area contributed by atoms with Crippen LogP contribution in [0.15, 0.2) is 18.2 Å². The Morgan fingerprint density at radius 3 is 2.71 bits per heavy atom. The average Bonchev–Trinajstić information content (AvgIpc) is 3.20. The molecule has 1 aromatic carbocycles. The molecule has 112 valence electrons. The number of aryl methyl sites for hydroxylation is 2. The molecule has 1 aliphatic rings. The average molecular weight is 287 g/mol. The maximum atomic E-state index is 13.2. The van der Waals surface area contributed by atoms with E-state index in [2.05, 4.69) is 24.3 Å². The van der Waals surface area contributed by atoms with Gasteiger partial charge >= 0.3 is 0 Å². The van der Waals surface area contributed by atoms with Crippen molar-refractivity contribution >= 4 is 0 Å². The molecule has 21 heavy (non-hydrogen) atoms. The topological polar surface area (TPSA) is 29.9 Å². The third-order valence-corrected chi connectivity index (χ3v) is 4.30. The van der Waals surface area contributed by atoms with Crippen molar-refractivity contribution in [3.05, 3.63) is 52.1 Å². The summed E-state index contributed by atoms with van der Waals surface area (Å²) in [5.74, 6) is -0.182. The summed E-state index contributed by atoms with van der Waals surface area (Å²) in [6, 6.07) is 5.65. The lowest BCUT2D eigenvalue weighted by molar-refractivity contribution is 0.619.